The van der Waals surface area contributed by atoms with Gasteiger partial charge in [-0.1, -0.05) is 200 Å². The summed E-state index contributed by atoms with van der Waals surface area (Å²) in [5.41, 5.74) is 19.7. The second-order valence-electron chi connectivity index (χ2n) is 17.7. The first-order valence-electron chi connectivity index (χ1n) is 23.2. The van der Waals surface area contributed by atoms with E-state index in [4.69, 9.17) is 0 Å². The maximum absolute atomic E-state index is 3.91. The van der Waals surface area contributed by atoms with E-state index in [0.29, 0.717) is 0 Å². The quantitative estimate of drug-likeness (QED) is 0.161. The zero-order valence-electron chi connectivity index (χ0n) is 36.8. The molecule has 11 aromatic carbocycles. The van der Waals surface area contributed by atoms with Crippen molar-refractivity contribution in [1.82, 2.24) is 4.57 Å². The molecule has 0 spiro atoms. The highest BCUT2D eigenvalue weighted by molar-refractivity contribution is 6.11. The van der Waals surface area contributed by atoms with E-state index in [0.717, 1.165) is 33.8 Å². The lowest BCUT2D eigenvalue weighted by Gasteiger charge is -2.34. The molecular formula is C65H44N2. The molecule has 0 unspecified atom stereocenters. The summed E-state index contributed by atoms with van der Waals surface area (Å²) < 4.78 is 2.41. The van der Waals surface area contributed by atoms with Crippen molar-refractivity contribution < 1.29 is 0 Å². The molecule has 0 saturated heterocycles. The Kier molecular flexibility index (Phi) is 9.11. The van der Waals surface area contributed by atoms with Crippen LogP contribution in [0.25, 0.3) is 82.8 Å². The van der Waals surface area contributed by atoms with E-state index in [9.17, 15) is 0 Å². The van der Waals surface area contributed by atoms with Gasteiger partial charge >= 0.3 is 0 Å². The molecule has 314 valence electrons. The van der Waals surface area contributed by atoms with Crippen molar-refractivity contribution in [2.45, 2.75) is 5.41 Å². The molecule has 1 aromatic heterocycles. The lowest BCUT2D eigenvalue weighted by Crippen LogP contribution is -2.28. The normalized spacial score (nSPS) is 12.6. The first-order chi connectivity index (χ1) is 33.2. The lowest BCUT2D eigenvalue weighted by molar-refractivity contribution is 0.769. The number of anilines is 2. The summed E-state index contributed by atoms with van der Waals surface area (Å²) in [7, 11) is 0. The van der Waals surface area contributed by atoms with E-state index < -0.39 is 5.41 Å². The molecule has 67 heavy (non-hydrogen) atoms. The van der Waals surface area contributed by atoms with Crippen molar-refractivity contribution in [3.05, 3.63) is 283 Å². The minimum Gasteiger partial charge on any atom is -0.355 e. The van der Waals surface area contributed by atoms with Crippen LogP contribution in [0.15, 0.2) is 261 Å². The van der Waals surface area contributed by atoms with Crippen LogP contribution in [0.5, 0.6) is 0 Å². The molecule has 1 aliphatic rings. The average Bonchev–Trinajstić information content (AvgIpc) is 3.89. The van der Waals surface area contributed by atoms with Gasteiger partial charge < -0.3 is 9.88 Å². The minimum absolute atomic E-state index is 0.510. The average molecular weight is 853 g/mol. The van der Waals surface area contributed by atoms with Gasteiger partial charge in [0.1, 0.15) is 0 Å². The van der Waals surface area contributed by atoms with Crippen LogP contribution in [0.2, 0.25) is 0 Å². The van der Waals surface area contributed by atoms with Gasteiger partial charge in [-0.2, -0.15) is 0 Å². The van der Waals surface area contributed by atoms with Gasteiger partial charge in [0, 0.05) is 33.4 Å². The number of fused-ring (bicyclic) bond motifs is 7. The Morgan fingerprint density at radius 3 is 1.75 bits per heavy atom. The Hall–Kier alpha value is -8.72. The van der Waals surface area contributed by atoms with Crippen LogP contribution >= 0.6 is 0 Å². The summed E-state index contributed by atoms with van der Waals surface area (Å²) in [5.74, 6) is 0. The van der Waals surface area contributed by atoms with Crippen LogP contribution in [0.4, 0.5) is 11.4 Å². The number of rotatable bonds is 8. The molecule has 13 rings (SSSR count). The Labute approximate surface area is 390 Å². The van der Waals surface area contributed by atoms with Crippen LogP contribution in [0.3, 0.4) is 0 Å². The second-order valence-corrected chi connectivity index (χ2v) is 17.7. The number of benzene rings is 11. The molecule has 0 fully saturated rings. The number of hydrogen-bond acceptors (Lipinski definition) is 1. The Morgan fingerprint density at radius 2 is 0.925 bits per heavy atom. The van der Waals surface area contributed by atoms with E-state index in [1.54, 1.807) is 0 Å². The monoisotopic (exact) mass is 852 g/mol. The fourth-order valence-electron chi connectivity index (χ4n) is 11.0. The molecule has 0 amide bonds. The highest BCUT2D eigenvalue weighted by Crippen LogP contribution is 2.57. The minimum atomic E-state index is -0.510. The van der Waals surface area contributed by atoms with E-state index in [1.807, 2.05) is 0 Å². The van der Waals surface area contributed by atoms with Gasteiger partial charge in [0.2, 0.25) is 0 Å². The molecule has 0 bridgehead atoms. The molecular weight excluding hydrogens is 809 g/mol. The third-order valence-electron chi connectivity index (χ3n) is 14.0. The summed E-state index contributed by atoms with van der Waals surface area (Å²) >= 11 is 0. The van der Waals surface area contributed by atoms with Gasteiger partial charge in [-0.15, -0.1) is 0 Å². The third kappa shape index (κ3) is 6.33. The molecule has 0 saturated carbocycles. The highest BCUT2D eigenvalue weighted by atomic mass is 15.0. The summed E-state index contributed by atoms with van der Waals surface area (Å²) in [6.45, 7) is 0. The smallest absolute Gasteiger partial charge is 0.0713 e. The predicted molar refractivity (Wildman–Crippen MR) is 282 cm³/mol. The van der Waals surface area contributed by atoms with E-state index in [1.165, 1.54) is 82.6 Å². The van der Waals surface area contributed by atoms with Crippen molar-refractivity contribution >= 4 is 44.0 Å². The van der Waals surface area contributed by atoms with Crippen molar-refractivity contribution in [2.75, 3.05) is 5.32 Å². The van der Waals surface area contributed by atoms with Gasteiger partial charge in [0.25, 0.3) is 0 Å². The molecule has 1 N–H and O–H groups in total. The van der Waals surface area contributed by atoms with Crippen molar-refractivity contribution in [2.24, 2.45) is 0 Å². The SMILES string of the molecule is c1ccc(-c2cccc(Nc3ccc(-c4ccc5c(c4)c4ccccc4n5-c4ccc5ccccc5c4)cc3-c3ccc4c(c3)C(c3ccccc3)(c3ccccc3)c3ccccc3-4)c2)cc1. The molecule has 2 heteroatoms. The van der Waals surface area contributed by atoms with Crippen LogP contribution < -0.4 is 5.32 Å². The molecule has 1 heterocycles. The highest BCUT2D eigenvalue weighted by Gasteiger charge is 2.46. The Bertz CT molecular complexity index is 3790. The zero-order chi connectivity index (χ0) is 44.3. The van der Waals surface area contributed by atoms with E-state index in [2.05, 4.69) is 271 Å². The molecule has 0 aliphatic heterocycles. The van der Waals surface area contributed by atoms with Gasteiger partial charge in [0.15, 0.2) is 0 Å². The van der Waals surface area contributed by atoms with Gasteiger partial charge in [-0.05, 0) is 133 Å². The van der Waals surface area contributed by atoms with Crippen molar-refractivity contribution in [3.63, 3.8) is 0 Å². The van der Waals surface area contributed by atoms with Crippen LogP contribution in [-0.4, -0.2) is 4.57 Å². The molecule has 1 aliphatic carbocycles. The number of nitrogens with one attached hydrogen (secondary N) is 1. The summed E-state index contributed by atoms with van der Waals surface area (Å²) in [5, 5.41) is 8.85. The van der Waals surface area contributed by atoms with Gasteiger partial charge in [-0.25, -0.2) is 0 Å². The summed E-state index contributed by atoms with van der Waals surface area (Å²) in [6.07, 6.45) is 0. The second kappa shape index (κ2) is 15.8. The first-order valence-corrected chi connectivity index (χ1v) is 23.2. The Balaban J connectivity index is 1.01. The van der Waals surface area contributed by atoms with Crippen LogP contribution in [-0.2, 0) is 5.41 Å². The number of nitrogens with zero attached hydrogens (tertiary/aromatic N) is 1. The van der Waals surface area contributed by atoms with Crippen LogP contribution in [0, 0.1) is 0 Å². The number of aromatic nitrogens is 1. The fourth-order valence-corrected chi connectivity index (χ4v) is 11.0. The zero-order valence-corrected chi connectivity index (χ0v) is 36.8. The van der Waals surface area contributed by atoms with E-state index in [-0.39, 0.29) is 0 Å². The standard InChI is InChI=1S/C65H44N2/c1-4-17-44(18-5-1)46-21-16-26-53(39-46)66-62-37-33-48(49-34-38-64-59(42-49)57-28-13-15-30-63(57)67(64)54-35-31-45-19-10-11-20-47(45)40-54)41-58(62)50-32-36-56-55-27-12-14-29-60(55)65(61(56)43-50,51-22-6-2-7-23-51)52-24-8-3-9-25-52/h1-43,66H. The van der Waals surface area contributed by atoms with Crippen LogP contribution in [0.1, 0.15) is 22.3 Å². The fraction of sp³-hybridized carbons (Fsp3) is 0.0154. The van der Waals surface area contributed by atoms with Gasteiger partial charge in [0.05, 0.1) is 16.4 Å². The molecule has 2 nitrogen and oxygen atoms in total. The number of para-hydroxylation sites is 1. The maximum atomic E-state index is 3.91. The first kappa shape index (κ1) is 38.7. The third-order valence-corrected chi connectivity index (χ3v) is 14.0. The topological polar surface area (TPSA) is 17.0 Å². The largest absolute Gasteiger partial charge is 0.355 e. The molecule has 0 atom stereocenters. The lowest BCUT2D eigenvalue weighted by atomic mass is 9.67. The predicted octanol–water partition coefficient (Wildman–Crippen LogP) is 17.0. The number of hydrogen-bond donors (Lipinski definition) is 1. The Morgan fingerprint density at radius 1 is 0.313 bits per heavy atom. The summed E-state index contributed by atoms with van der Waals surface area (Å²) in [6, 6.07) is 95.7. The van der Waals surface area contributed by atoms with Crippen molar-refractivity contribution in [3.8, 4) is 50.2 Å². The van der Waals surface area contributed by atoms with E-state index >= 15 is 0 Å². The maximum Gasteiger partial charge on any atom is 0.0713 e. The van der Waals surface area contributed by atoms with Crippen molar-refractivity contribution in [1.29, 1.82) is 0 Å². The molecule has 12 aromatic rings. The molecule has 0 radical (unpaired) electrons. The summed E-state index contributed by atoms with van der Waals surface area (Å²) in [4.78, 5) is 0. The van der Waals surface area contributed by atoms with Gasteiger partial charge in [-0.3, -0.25) is 0 Å².